The number of aryl methyl sites for hydroxylation is 1. The smallest absolute Gasteiger partial charge is 0.231 e. The molecule has 0 bridgehead atoms. The van der Waals surface area contributed by atoms with Crippen LogP contribution < -0.4 is 10.2 Å². The van der Waals surface area contributed by atoms with Crippen LogP contribution in [0.4, 0.5) is 10.8 Å². The minimum Gasteiger partial charge on any atom is -0.368 e. The van der Waals surface area contributed by atoms with Crippen molar-refractivity contribution in [3.63, 3.8) is 0 Å². The van der Waals surface area contributed by atoms with Crippen molar-refractivity contribution >= 4 is 39.9 Å². The first-order valence-corrected chi connectivity index (χ1v) is 13.2. The minimum atomic E-state index is 0.253. The number of thiazole rings is 1. The molecule has 0 radical (unpaired) electrons. The molecule has 5 rings (SSSR count). The molecule has 0 spiro atoms. The Kier molecular flexibility index (Phi) is 7.52. The summed E-state index contributed by atoms with van der Waals surface area (Å²) in [5, 5.41) is 4.25. The van der Waals surface area contributed by atoms with Crippen LogP contribution in [0, 0.1) is 12.8 Å². The Morgan fingerprint density at radius 3 is 2.47 bits per heavy atom. The first kappa shape index (κ1) is 23.9. The average molecular weight is 498 g/mol. The number of nitrogens with zero attached hydrogens (tertiary/aromatic N) is 6. The molecule has 1 fully saturated rings. The predicted molar refractivity (Wildman–Crippen MR) is 150 cm³/mol. The molecule has 3 aromatic rings. The van der Waals surface area contributed by atoms with Gasteiger partial charge in [0.2, 0.25) is 11.1 Å². The molecule has 2 aliphatic heterocycles. The van der Waals surface area contributed by atoms with Gasteiger partial charge in [0.05, 0.1) is 0 Å². The SMILES string of the molecule is Cc1cnc(N=C2N=C(/C=C/c3ccccc3)C(C)C/C=C(\N3CCN(c4ccncc4)CC3)N2)s1. The van der Waals surface area contributed by atoms with Gasteiger partial charge in [-0.25, -0.2) is 9.98 Å². The number of rotatable bonds is 5. The van der Waals surface area contributed by atoms with Gasteiger partial charge in [0.1, 0.15) is 5.82 Å². The van der Waals surface area contributed by atoms with Gasteiger partial charge in [-0.1, -0.05) is 43.3 Å². The fourth-order valence-corrected chi connectivity index (χ4v) is 4.92. The number of piperazine rings is 1. The predicted octanol–water partition coefficient (Wildman–Crippen LogP) is 5.28. The molecule has 0 aliphatic carbocycles. The molecule has 184 valence electrons. The molecular formula is C28H31N7S. The molecule has 1 aromatic carbocycles. The van der Waals surface area contributed by atoms with E-state index >= 15 is 0 Å². The van der Waals surface area contributed by atoms with Gasteiger partial charge in [0.15, 0.2) is 0 Å². The second-order valence-electron chi connectivity index (χ2n) is 9.00. The molecule has 0 amide bonds. The molecule has 0 saturated carbocycles. The highest BCUT2D eigenvalue weighted by Gasteiger charge is 2.22. The van der Waals surface area contributed by atoms with Crippen molar-refractivity contribution in [1.29, 1.82) is 0 Å². The Bertz CT molecular complexity index is 1270. The van der Waals surface area contributed by atoms with Gasteiger partial charge in [-0.2, -0.15) is 4.99 Å². The third-order valence-corrected chi connectivity index (χ3v) is 7.16. The zero-order valence-electron chi connectivity index (χ0n) is 20.7. The van der Waals surface area contributed by atoms with E-state index in [0.717, 1.165) is 54.6 Å². The normalized spacial score (nSPS) is 21.5. The summed E-state index contributed by atoms with van der Waals surface area (Å²) in [5.41, 5.74) is 3.37. The summed E-state index contributed by atoms with van der Waals surface area (Å²) in [7, 11) is 0. The molecule has 1 atom stereocenters. The highest BCUT2D eigenvalue weighted by atomic mass is 32.1. The second-order valence-corrected chi connectivity index (χ2v) is 10.2. The van der Waals surface area contributed by atoms with E-state index in [1.165, 1.54) is 5.69 Å². The maximum absolute atomic E-state index is 4.99. The molecule has 36 heavy (non-hydrogen) atoms. The molecule has 1 N–H and O–H groups in total. The van der Waals surface area contributed by atoms with Crippen molar-refractivity contribution in [2.45, 2.75) is 20.3 Å². The van der Waals surface area contributed by atoms with Gasteiger partial charge in [0.25, 0.3) is 0 Å². The molecule has 1 unspecified atom stereocenters. The summed E-state index contributed by atoms with van der Waals surface area (Å²) < 4.78 is 0. The Balaban J connectivity index is 1.37. The fraction of sp³-hybridized carbons (Fsp3) is 0.286. The third-order valence-electron chi connectivity index (χ3n) is 6.35. The van der Waals surface area contributed by atoms with Crippen LogP contribution in [0.25, 0.3) is 6.08 Å². The summed E-state index contributed by atoms with van der Waals surface area (Å²) in [6, 6.07) is 14.5. The van der Waals surface area contributed by atoms with Crippen molar-refractivity contribution in [3.05, 3.63) is 89.5 Å². The molecule has 2 aromatic heterocycles. The highest BCUT2D eigenvalue weighted by molar-refractivity contribution is 7.15. The van der Waals surface area contributed by atoms with Crippen LogP contribution in [-0.4, -0.2) is 52.7 Å². The van der Waals surface area contributed by atoms with E-state index in [1.807, 2.05) is 43.7 Å². The molecule has 8 heteroatoms. The van der Waals surface area contributed by atoms with Crippen LogP contribution >= 0.6 is 11.3 Å². The average Bonchev–Trinajstić information content (AvgIpc) is 3.33. The molecule has 1 saturated heterocycles. The maximum Gasteiger partial charge on any atom is 0.231 e. The number of allylic oxidation sites excluding steroid dienone is 2. The number of aromatic nitrogens is 2. The Labute approximate surface area is 216 Å². The summed E-state index contributed by atoms with van der Waals surface area (Å²) in [6.45, 7) is 8.00. The first-order valence-electron chi connectivity index (χ1n) is 12.3. The van der Waals surface area contributed by atoms with Crippen LogP contribution in [0.15, 0.2) is 89.0 Å². The van der Waals surface area contributed by atoms with Crippen molar-refractivity contribution in [3.8, 4) is 0 Å². The molecular weight excluding hydrogens is 466 g/mol. The maximum atomic E-state index is 4.99. The zero-order chi connectivity index (χ0) is 24.7. The van der Waals surface area contributed by atoms with Gasteiger partial charge < -0.3 is 15.1 Å². The summed E-state index contributed by atoms with van der Waals surface area (Å²) >= 11 is 1.57. The summed E-state index contributed by atoms with van der Waals surface area (Å²) in [4.78, 5) is 24.3. The van der Waals surface area contributed by atoms with E-state index in [2.05, 4.69) is 74.5 Å². The Morgan fingerprint density at radius 2 is 1.75 bits per heavy atom. The van der Waals surface area contributed by atoms with Crippen molar-refractivity contribution in [2.75, 3.05) is 31.1 Å². The lowest BCUT2D eigenvalue weighted by Gasteiger charge is -2.38. The van der Waals surface area contributed by atoms with E-state index < -0.39 is 0 Å². The number of hydrogen-bond acceptors (Lipinski definition) is 6. The number of aliphatic imine (C=N–C) groups is 2. The van der Waals surface area contributed by atoms with Crippen LogP contribution in [0.5, 0.6) is 0 Å². The summed E-state index contributed by atoms with van der Waals surface area (Å²) in [6.07, 6.45) is 13.0. The number of benzene rings is 1. The van der Waals surface area contributed by atoms with Gasteiger partial charge in [-0.05, 0) is 43.2 Å². The first-order chi connectivity index (χ1) is 17.6. The van der Waals surface area contributed by atoms with Crippen LogP contribution in [0.1, 0.15) is 23.8 Å². The van der Waals surface area contributed by atoms with E-state index in [0.29, 0.717) is 11.1 Å². The second kappa shape index (κ2) is 11.3. The van der Waals surface area contributed by atoms with Gasteiger partial charge >= 0.3 is 0 Å². The van der Waals surface area contributed by atoms with E-state index in [1.54, 1.807) is 11.3 Å². The largest absolute Gasteiger partial charge is 0.368 e. The van der Waals surface area contributed by atoms with Gasteiger partial charge in [-0.15, -0.1) is 11.3 Å². The number of pyridine rings is 1. The lowest BCUT2D eigenvalue weighted by Crippen LogP contribution is -2.49. The number of anilines is 1. The van der Waals surface area contributed by atoms with E-state index in [4.69, 9.17) is 9.98 Å². The third kappa shape index (κ3) is 6.07. The standard InChI is InChI=1S/C28H31N7S/c1-21-8-11-26(35-18-16-34(17-19-35)24-12-14-29-15-13-24)32-27(33-28-30-20-22(2)36-28)31-25(21)10-9-23-6-4-3-5-7-23/h3-7,9-15,20-21H,8,16-19H2,1-2H3,(H,30,32,33)/b10-9+,26-11-,31-25?. The van der Waals surface area contributed by atoms with Crippen molar-refractivity contribution in [2.24, 2.45) is 15.9 Å². The van der Waals surface area contributed by atoms with Crippen LogP contribution in [0.2, 0.25) is 0 Å². The van der Waals surface area contributed by atoms with Crippen LogP contribution in [-0.2, 0) is 0 Å². The molecule has 2 aliphatic rings. The lowest BCUT2D eigenvalue weighted by atomic mass is 9.99. The quantitative estimate of drug-likeness (QED) is 0.519. The monoisotopic (exact) mass is 497 g/mol. The molecule has 4 heterocycles. The van der Waals surface area contributed by atoms with E-state index in [-0.39, 0.29) is 5.92 Å². The summed E-state index contributed by atoms with van der Waals surface area (Å²) in [5.74, 6) is 1.90. The highest BCUT2D eigenvalue weighted by Crippen LogP contribution is 2.23. The van der Waals surface area contributed by atoms with Crippen LogP contribution in [0.3, 0.4) is 0 Å². The lowest BCUT2D eigenvalue weighted by molar-refractivity contribution is 0.308. The fourth-order valence-electron chi connectivity index (χ4n) is 4.29. The van der Waals surface area contributed by atoms with Crippen molar-refractivity contribution in [1.82, 2.24) is 20.2 Å². The Hall–Kier alpha value is -3.78. The topological polar surface area (TPSA) is 69.0 Å². The number of nitrogens with one attached hydrogen (secondary N) is 1. The molecule has 7 nitrogen and oxygen atoms in total. The Morgan fingerprint density at radius 1 is 1.00 bits per heavy atom. The number of hydrogen-bond donors (Lipinski definition) is 1. The van der Waals surface area contributed by atoms with E-state index in [9.17, 15) is 0 Å². The number of guanidine groups is 1. The zero-order valence-corrected chi connectivity index (χ0v) is 21.5. The van der Waals surface area contributed by atoms with Gasteiger partial charge in [0, 0.05) is 67.0 Å². The van der Waals surface area contributed by atoms with Crippen molar-refractivity contribution < 1.29 is 0 Å². The van der Waals surface area contributed by atoms with Gasteiger partial charge in [-0.3, -0.25) is 4.98 Å². The minimum absolute atomic E-state index is 0.253.